The summed E-state index contributed by atoms with van der Waals surface area (Å²) in [5, 5.41) is 16.3. The van der Waals surface area contributed by atoms with Crippen LogP contribution >= 0.6 is 15.9 Å². The third kappa shape index (κ3) is 5.70. The van der Waals surface area contributed by atoms with E-state index in [-0.39, 0.29) is 35.1 Å². The topological polar surface area (TPSA) is 117 Å². The zero-order valence-corrected chi connectivity index (χ0v) is 24.9. The monoisotopic (exact) mass is 607 g/mol. The fraction of sp³-hybridized carbons (Fsp3) is 0.690. The number of benzene rings is 1. The Morgan fingerprint density at radius 1 is 1.21 bits per heavy atom. The number of rotatable bonds is 13. The summed E-state index contributed by atoms with van der Waals surface area (Å²) in [4.78, 5) is 43.0. The number of aliphatic hydroxyl groups excluding tert-OH is 1. The van der Waals surface area contributed by atoms with Crippen molar-refractivity contribution in [2.24, 2.45) is 17.8 Å². The molecule has 3 N–H and O–H groups in total. The number of nitrogens with zero attached hydrogens (tertiary/aromatic N) is 1. The second-order valence-corrected chi connectivity index (χ2v) is 12.5. The number of hydrogen-bond acceptors (Lipinski definition) is 6. The van der Waals surface area contributed by atoms with E-state index in [9.17, 15) is 19.5 Å². The number of carbonyl (C=O) groups excluding carboxylic acids is 3. The minimum Gasteiger partial charge on any atom is -0.494 e. The maximum atomic E-state index is 14.2. The second kappa shape index (κ2) is 12.6. The first kappa shape index (κ1) is 29.8. The lowest BCUT2D eigenvalue weighted by atomic mass is 9.70. The number of aliphatic hydroxyl groups is 1. The standard InChI is InChI=1S/C29H42BrN3O6/c1-5-7-8-13-31-27(36)25-29-15-21(30)24(39-29)22(23(29)28(37)33(25)19(16-34)14-17(3)4)26(35)32-18-9-11-20(12-10-18)38-6-2/h9-12,17,19,21-25,34H,5-8,13-16H2,1-4H3,(H,31,36)(H,32,35)/t19-,21?,22-,23+,24-,25?,29?/m1/s1. The fourth-order valence-corrected chi connectivity index (χ4v) is 7.53. The number of ether oxygens (including phenoxy) is 2. The first-order valence-corrected chi connectivity index (χ1v) is 15.2. The average molecular weight is 609 g/mol. The maximum absolute atomic E-state index is 14.2. The van der Waals surface area contributed by atoms with E-state index in [1.54, 1.807) is 24.3 Å². The van der Waals surface area contributed by atoms with Gasteiger partial charge in [-0.05, 0) is 56.4 Å². The van der Waals surface area contributed by atoms with Crippen LogP contribution in [0.2, 0.25) is 0 Å². The highest BCUT2D eigenvalue weighted by Gasteiger charge is 2.77. The van der Waals surface area contributed by atoms with Crippen LogP contribution in [0.4, 0.5) is 5.69 Å². The van der Waals surface area contributed by atoms with Crippen molar-refractivity contribution in [2.45, 2.75) is 88.4 Å². The number of alkyl halides is 1. The van der Waals surface area contributed by atoms with Gasteiger partial charge in [-0.3, -0.25) is 14.4 Å². The molecule has 2 bridgehead atoms. The lowest BCUT2D eigenvalue weighted by Crippen LogP contribution is -2.58. The van der Waals surface area contributed by atoms with Gasteiger partial charge in [0.05, 0.1) is 37.2 Å². The predicted molar refractivity (Wildman–Crippen MR) is 152 cm³/mol. The molecule has 3 amide bonds. The molecule has 0 aliphatic carbocycles. The smallest absolute Gasteiger partial charge is 0.245 e. The van der Waals surface area contributed by atoms with Crippen molar-refractivity contribution in [3.05, 3.63) is 24.3 Å². The predicted octanol–water partition coefficient (Wildman–Crippen LogP) is 3.49. The Morgan fingerprint density at radius 2 is 1.92 bits per heavy atom. The molecule has 4 rings (SSSR count). The molecule has 0 aromatic heterocycles. The molecule has 7 atom stereocenters. The number of likely N-dealkylation sites (tertiary alicyclic amines) is 1. The fourth-order valence-electron chi connectivity index (χ4n) is 6.59. The number of carbonyl (C=O) groups is 3. The summed E-state index contributed by atoms with van der Waals surface area (Å²) in [6.07, 6.45) is 3.28. The zero-order valence-electron chi connectivity index (χ0n) is 23.3. The van der Waals surface area contributed by atoms with E-state index in [0.29, 0.717) is 37.4 Å². The summed E-state index contributed by atoms with van der Waals surface area (Å²) in [5.74, 6) is -1.59. The van der Waals surface area contributed by atoms with Crippen molar-refractivity contribution in [1.82, 2.24) is 10.2 Å². The summed E-state index contributed by atoms with van der Waals surface area (Å²) in [6, 6.07) is 5.63. The molecular formula is C29H42BrN3O6. The van der Waals surface area contributed by atoms with Gasteiger partial charge >= 0.3 is 0 Å². The van der Waals surface area contributed by atoms with Crippen LogP contribution in [0.5, 0.6) is 5.75 Å². The Kier molecular flexibility index (Phi) is 9.60. The minimum absolute atomic E-state index is 0.189. The Hall–Kier alpha value is -2.17. The van der Waals surface area contributed by atoms with Gasteiger partial charge in [-0.2, -0.15) is 0 Å². The minimum atomic E-state index is -1.14. The van der Waals surface area contributed by atoms with Gasteiger partial charge in [0.1, 0.15) is 17.4 Å². The van der Waals surface area contributed by atoms with Gasteiger partial charge in [-0.1, -0.05) is 49.5 Å². The molecule has 0 saturated carbocycles. The molecule has 3 fully saturated rings. The highest BCUT2D eigenvalue weighted by molar-refractivity contribution is 9.09. The van der Waals surface area contributed by atoms with Crippen LogP contribution in [0, 0.1) is 17.8 Å². The average Bonchev–Trinajstić information content (AvgIpc) is 3.49. The van der Waals surface area contributed by atoms with Gasteiger partial charge in [0, 0.05) is 17.1 Å². The molecule has 1 spiro atoms. The molecule has 3 unspecified atom stereocenters. The second-order valence-electron chi connectivity index (χ2n) is 11.3. The summed E-state index contributed by atoms with van der Waals surface area (Å²) >= 11 is 3.70. The zero-order chi connectivity index (χ0) is 28.3. The van der Waals surface area contributed by atoms with Crippen LogP contribution in [0.25, 0.3) is 0 Å². The van der Waals surface area contributed by atoms with Gasteiger partial charge in [-0.25, -0.2) is 0 Å². The first-order chi connectivity index (χ1) is 18.7. The van der Waals surface area contributed by atoms with Gasteiger partial charge in [0.2, 0.25) is 17.7 Å². The van der Waals surface area contributed by atoms with Crippen molar-refractivity contribution < 1.29 is 29.0 Å². The number of halogens is 1. The van der Waals surface area contributed by atoms with Crippen molar-refractivity contribution in [3.63, 3.8) is 0 Å². The van der Waals surface area contributed by atoms with Crippen LogP contribution in [0.15, 0.2) is 24.3 Å². The van der Waals surface area contributed by atoms with Crippen molar-refractivity contribution >= 4 is 39.3 Å². The van der Waals surface area contributed by atoms with Crippen LogP contribution < -0.4 is 15.4 Å². The number of fused-ring (bicyclic) bond motifs is 1. The largest absolute Gasteiger partial charge is 0.494 e. The Balaban J connectivity index is 1.65. The van der Waals surface area contributed by atoms with E-state index in [1.807, 2.05) is 20.8 Å². The molecule has 1 aromatic carbocycles. The number of unbranched alkanes of at least 4 members (excludes halogenated alkanes) is 2. The van der Waals surface area contributed by atoms with Gasteiger partial charge < -0.3 is 30.1 Å². The molecule has 39 heavy (non-hydrogen) atoms. The number of amides is 3. The number of anilines is 1. The highest BCUT2D eigenvalue weighted by atomic mass is 79.9. The summed E-state index contributed by atoms with van der Waals surface area (Å²) in [6.45, 7) is 8.82. The van der Waals surface area contributed by atoms with E-state index < -0.39 is 35.6 Å². The molecule has 3 saturated heterocycles. The quantitative estimate of drug-likeness (QED) is 0.233. The van der Waals surface area contributed by atoms with Crippen molar-refractivity contribution in [1.29, 1.82) is 0 Å². The molecule has 3 aliphatic rings. The number of nitrogens with one attached hydrogen (secondary N) is 2. The van der Waals surface area contributed by atoms with Crippen LogP contribution in [-0.4, -0.2) is 76.1 Å². The SMILES string of the molecule is CCCCCNC(=O)C1N([C@@H](CO)CC(C)C)C(=O)[C@@H]2[C@@H](C(=O)Nc3ccc(OCC)cc3)[C@@H]3OC12CC3Br. The molecule has 0 radical (unpaired) electrons. The molecule has 9 nitrogen and oxygen atoms in total. The van der Waals surface area contributed by atoms with E-state index >= 15 is 0 Å². The summed E-state index contributed by atoms with van der Waals surface area (Å²) in [7, 11) is 0. The third-order valence-corrected chi connectivity index (χ3v) is 8.98. The lowest BCUT2D eigenvalue weighted by Gasteiger charge is -2.37. The van der Waals surface area contributed by atoms with E-state index in [4.69, 9.17) is 9.47 Å². The van der Waals surface area contributed by atoms with Crippen LogP contribution in [-0.2, 0) is 19.1 Å². The van der Waals surface area contributed by atoms with Gasteiger partial charge in [-0.15, -0.1) is 0 Å². The van der Waals surface area contributed by atoms with Gasteiger partial charge in [0.15, 0.2) is 0 Å². The summed E-state index contributed by atoms with van der Waals surface area (Å²) in [5.41, 5.74) is -0.553. The molecule has 10 heteroatoms. The normalized spacial score (nSPS) is 30.0. The Morgan fingerprint density at radius 3 is 2.54 bits per heavy atom. The Bertz CT molecular complexity index is 1040. The van der Waals surface area contributed by atoms with Crippen LogP contribution in [0.1, 0.15) is 59.8 Å². The van der Waals surface area contributed by atoms with E-state index in [1.165, 1.54) is 4.90 Å². The molecule has 216 valence electrons. The van der Waals surface area contributed by atoms with Gasteiger partial charge in [0.25, 0.3) is 0 Å². The van der Waals surface area contributed by atoms with E-state index in [2.05, 4.69) is 33.5 Å². The van der Waals surface area contributed by atoms with E-state index in [0.717, 1.165) is 19.3 Å². The van der Waals surface area contributed by atoms with Crippen molar-refractivity contribution in [2.75, 3.05) is 25.1 Å². The molecule has 3 heterocycles. The summed E-state index contributed by atoms with van der Waals surface area (Å²) < 4.78 is 12.0. The maximum Gasteiger partial charge on any atom is 0.245 e. The highest BCUT2D eigenvalue weighted by Crippen LogP contribution is 2.60. The third-order valence-electron chi connectivity index (χ3n) is 8.14. The Labute approximate surface area is 239 Å². The molecule has 3 aliphatic heterocycles. The number of hydrogen-bond donors (Lipinski definition) is 3. The first-order valence-electron chi connectivity index (χ1n) is 14.2. The van der Waals surface area contributed by atoms with Crippen LogP contribution in [0.3, 0.4) is 0 Å². The van der Waals surface area contributed by atoms with Crippen molar-refractivity contribution in [3.8, 4) is 5.75 Å². The lowest BCUT2D eigenvalue weighted by molar-refractivity contribution is -0.145. The molecular weight excluding hydrogens is 566 g/mol. The molecule has 1 aromatic rings.